The number of likely N-dealkylation sites (N-methyl/N-ethyl adjacent to an activating group) is 1. The molecular weight excluding hydrogens is 498 g/mol. The number of carbonyl (C=O) groups is 2. The number of rotatable bonds is 4. The van der Waals surface area contributed by atoms with Crippen molar-refractivity contribution >= 4 is 40.7 Å². The summed E-state index contributed by atoms with van der Waals surface area (Å²) in [7, 11) is 3.16. The molecule has 2 aliphatic heterocycles. The van der Waals surface area contributed by atoms with Crippen LogP contribution in [0.15, 0.2) is 59.8 Å². The summed E-state index contributed by atoms with van der Waals surface area (Å²) in [5, 5.41) is 19.7. The number of nitrogen functional groups attached to an aromatic ring is 1. The number of methoxy groups -OCH3 is 1. The van der Waals surface area contributed by atoms with Gasteiger partial charge in [0.25, 0.3) is 5.91 Å². The Kier molecular flexibility index (Phi) is 6.11. The number of nitrogens with one attached hydrogen (secondary N) is 2. The van der Waals surface area contributed by atoms with Crippen LogP contribution in [0.3, 0.4) is 0 Å². The maximum absolute atomic E-state index is 14.5. The molecule has 1 saturated heterocycles. The molecule has 0 saturated carbocycles. The lowest BCUT2D eigenvalue weighted by Crippen LogP contribution is -2.57. The van der Waals surface area contributed by atoms with Crippen LogP contribution in [-0.4, -0.2) is 53.6 Å². The fourth-order valence-corrected chi connectivity index (χ4v) is 4.29. The van der Waals surface area contributed by atoms with Gasteiger partial charge >= 0.3 is 6.03 Å². The van der Waals surface area contributed by atoms with Gasteiger partial charge in [0.1, 0.15) is 23.0 Å². The minimum atomic E-state index is -1.01. The highest BCUT2D eigenvalue weighted by Gasteiger charge is 2.44. The van der Waals surface area contributed by atoms with Gasteiger partial charge in [-0.1, -0.05) is 6.07 Å². The number of halogens is 2. The zero-order valence-electron chi connectivity index (χ0n) is 20.3. The van der Waals surface area contributed by atoms with Gasteiger partial charge in [0.05, 0.1) is 37.3 Å². The Hall–Kier alpha value is -5.07. The fourth-order valence-electron chi connectivity index (χ4n) is 4.29. The molecule has 11 nitrogen and oxygen atoms in total. The van der Waals surface area contributed by atoms with Gasteiger partial charge in [-0.2, -0.15) is 0 Å². The summed E-state index contributed by atoms with van der Waals surface area (Å²) in [6.07, 6.45) is 0. The molecule has 0 atom stereocenters. The van der Waals surface area contributed by atoms with E-state index in [1.54, 1.807) is 25.2 Å². The van der Waals surface area contributed by atoms with E-state index in [0.29, 0.717) is 22.0 Å². The molecular formula is C25H22F2N8O3. The van der Waals surface area contributed by atoms with Crippen molar-refractivity contribution in [3.63, 3.8) is 0 Å². The van der Waals surface area contributed by atoms with Gasteiger partial charge < -0.3 is 20.7 Å². The van der Waals surface area contributed by atoms with Crippen molar-refractivity contribution in [2.75, 3.05) is 41.6 Å². The van der Waals surface area contributed by atoms with Gasteiger partial charge in [0, 0.05) is 24.4 Å². The van der Waals surface area contributed by atoms with E-state index in [1.165, 1.54) is 25.3 Å². The van der Waals surface area contributed by atoms with Crippen LogP contribution in [0.2, 0.25) is 0 Å². The molecule has 5 rings (SSSR count). The lowest BCUT2D eigenvalue weighted by atomic mass is 10.0. The summed E-state index contributed by atoms with van der Waals surface area (Å²) < 4.78 is 34.1. The summed E-state index contributed by atoms with van der Waals surface area (Å²) in [6, 6.07) is 10.2. The Balaban J connectivity index is 1.64. The van der Waals surface area contributed by atoms with Crippen molar-refractivity contribution in [1.29, 1.82) is 5.41 Å². The number of amidine groups is 1. The van der Waals surface area contributed by atoms with Gasteiger partial charge in [-0.3, -0.25) is 15.1 Å². The zero-order chi connectivity index (χ0) is 27.1. The molecule has 0 aliphatic carbocycles. The number of aromatic nitrogens is 2. The van der Waals surface area contributed by atoms with Crippen LogP contribution in [0.5, 0.6) is 5.88 Å². The standard InChI is InChI=1S/C25H22F2N8O3/c1-33-12-18(30-17-7-6-13(28)10-19(17)33)22-23(29)34(11-14-15(26)4-3-5-16(14)27)25(37)35(24(22)36)20-8-9-21(38-2)32-31-20/h3-10,29-30H,11-12,28H2,1-2H3/b22-18+,29-23?. The molecule has 0 unspecified atom stereocenters. The highest BCUT2D eigenvalue weighted by molar-refractivity contribution is 6.38. The van der Waals surface area contributed by atoms with Crippen molar-refractivity contribution in [2.45, 2.75) is 6.54 Å². The topological polar surface area (TPSA) is 141 Å². The third-order valence-electron chi connectivity index (χ3n) is 6.20. The number of amides is 3. The average molecular weight is 521 g/mol. The van der Waals surface area contributed by atoms with E-state index in [2.05, 4.69) is 15.5 Å². The Morgan fingerprint density at radius 2 is 1.84 bits per heavy atom. The molecule has 38 heavy (non-hydrogen) atoms. The lowest BCUT2D eigenvalue weighted by Gasteiger charge is -2.38. The van der Waals surface area contributed by atoms with Crippen molar-refractivity contribution in [2.24, 2.45) is 0 Å². The van der Waals surface area contributed by atoms with Crippen LogP contribution in [-0.2, 0) is 11.3 Å². The number of carbonyl (C=O) groups excluding carboxylic acids is 2. The van der Waals surface area contributed by atoms with E-state index in [0.717, 1.165) is 22.7 Å². The maximum Gasteiger partial charge on any atom is 0.338 e. The molecule has 3 amide bonds. The highest BCUT2D eigenvalue weighted by Crippen LogP contribution is 2.36. The van der Waals surface area contributed by atoms with Crippen molar-refractivity contribution in [3.05, 3.63) is 77.0 Å². The van der Waals surface area contributed by atoms with Crippen LogP contribution in [0.25, 0.3) is 0 Å². The summed E-state index contributed by atoms with van der Waals surface area (Å²) in [5.74, 6) is -3.16. The molecule has 13 heteroatoms. The number of urea groups is 1. The van der Waals surface area contributed by atoms with Crippen LogP contribution < -0.4 is 25.6 Å². The molecule has 0 bridgehead atoms. The number of hydrogen-bond acceptors (Lipinski definition) is 9. The number of anilines is 4. The molecule has 2 aliphatic rings. The number of hydrogen-bond donors (Lipinski definition) is 3. The Bertz CT molecular complexity index is 1490. The van der Waals surface area contributed by atoms with Crippen LogP contribution >= 0.6 is 0 Å². The van der Waals surface area contributed by atoms with Crippen LogP contribution in [0, 0.1) is 17.0 Å². The average Bonchev–Trinajstić information content (AvgIpc) is 2.89. The first-order valence-corrected chi connectivity index (χ1v) is 11.4. The van der Waals surface area contributed by atoms with Crippen LogP contribution in [0.1, 0.15) is 5.56 Å². The van der Waals surface area contributed by atoms with E-state index in [4.69, 9.17) is 15.9 Å². The smallest absolute Gasteiger partial charge is 0.338 e. The number of nitrogens with two attached hydrogens (primary N) is 1. The molecule has 4 N–H and O–H groups in total. The first-order chi connectivity index (χ1) is 18.2. The lowest BCUT2D eigenvalue weighted by molar-refractivity contribution is -0.114. The van der Waals surface area contributed by atoms with Gasteiger partial charge in [0.15, 0.2) is 5.82 Å². The van der Waals surface area contributed by atoms with Crippen LogP contribution in [0.4, 0.5) is 36.5 Å². The first kappa shape index (κ1) is 24.6. The second-order valence-electron chi connectivity index (χ2n) is 8.60. The third-order valence-corrected chi connectivity index (χ3v) is 6.20. The van der Waals surface area contributed by atoms with E-state index >= 15 is 0 Å². The molecule has 194 valence electrons. The summed E-state index contributed by atoms with van der Waals surface area (Å²) in [5.41, 5.74) is 7.54. The molecule has 3 heterocycles. The summed E-state index contributed by atoms with van der Waals surface area (Å²) >= 11 is 0. The van der Waals surface area contributed by atoms with Gasteiger partial charge in [-0.15, -0.1) is 10.2 Å². The first-order valence-electron chi connectivity index (χ1n) is 11.4. The summed E-state index contributed by atoms with van der Waals surface area (Å²) in [6.45, 7) is -0.485. The van der Waals surface area contributed by atoms with Gasteiger partial charge in [-0.05, 0) is 36.4 Å². The normalized spacial score (nSPS) is 17.5. The molecule has 1 fully saturated rings. The van der Waals surface area contributed by atoms with Crippen molar-refractivity contribution < 1.29 is 23.1 Å². The number of fused-ring (bicyclic) bond motifs is 1. The van der Waals surface area contributed by atoms with E-state index in [-0.39, 0.29) is 23.8 Å². The maximum atomic E-state index is 14.5. The monoisotopic (exact) mass is 520 g/mol. The third kappa shape index (κ3) is 4.13. The largest absolute Gasteiger partial charge is 0.480 e. The minimum Gasteiger partial charge on any atom is -0.480 e. The van der Waals surface area contributed by atoms with Crippen molar-refractivity contribution in [1.82, 2.24) is 15.1 Å². The number of imide groups is 1. The van der Waals surface area contributed by atoms with Gasteiger partial charge in [0.2, 0.25) is 5.88 Å². The Morgan fingerprint density at radius 1 is 1.11 bits per heavy atom. The minimum absolute atomic E-state index is 0.147. The Labute approximate surface area is 215 Å². The van der Waals surface area contributed by atoms with Gasteiger partial charge in [-0.25, -0.2) is 18.5 Å². The SMILES string of the molecule is COc1ccc(N2C(=O)/C(=C3\CN(C)c4cc(N)ccc4N3)C(=N)N(Cc3c(F)cccc3F)C2=O)nn1. The molecule has 1 aromatic heterocycles. The molecule has 3 aromatic rings. The Morgan fingerprint density at radius 3 is 2.50 bits per heavy atom. The van der Waals surface area contributed by atoms with Crippen molar-refractivity contribution in [3.8, 4) is 5.88 Å². The quantitative estimate of drug-likeness (QED) is 0.352. The number of nitrogens with zero attached hydrogens (tertiary/aromatic N) is 5. The fraction of sp³-hybridized carbons (Fsp3) is 0.160. The second-order valence-corrected chi connectivity index (χ2v) is 8.60. The van der Waals surface area contributed by atoms with E-state index in [9.17, 15) is 18.4 Å². The molecule has 2 aromatic carbocycles. The summed E-state index contributed by atoms with van der Waals surface area (Å²) in [4.78, 5) is 30.6. The van der Waals surface area contributed by atoms with E-state index < -0.39 is 41.5 Å². The molecule has 0 radical (unpaired) electrons. The predicted molar refractivity (Wildman–Crippen MR) is 136 cm³/mol. The zero-order valence-corrected chi connectivity index (χ0v) is 20.3. The highest BCUT2D eigenvalue weighted by atomic mass is 19.1. The number of ether oxygens (including phenoxy) is 1. The molecule has 0 spiro atoms. The second kappa shape index (κ2) is 9.42. The van der Waals surface area contributed by atoms with E-state index in [1.807, 2.05) is 4.90 Å². The number of benzene rings is 2. The predicted octanol–water partition coefficient (Wildman–Crippen LogP) is 3.11.